The molecule has 0 unspecified atom stereocenters. The van der Waals surface area contributed by atoms with E-state index in [4.69, 9.17) is 0 Å². The molecule has 23 heavy (non-hydrogen) atoms. The predicted molar refractivity (Wildman–Crippen MR) is 84.6 cm³/mol. The van der Waals surface area contributed by atoms with Crippen LogP contribution in [0, 0.1) is 10.1 Å². The number of nitrogens with one attached hydrogen (secondary N) is 1. The molecule has 0 saturated heterocycles. The van der Waals surface area contributed by atoms with E-state index in [1.54, 1.807) is 36.5 Å². The normalized spacial score (nSPS) is 10.3. The molecule has 0 bridgehead atoms. The van der Waals surface area contributed by atoms with Gasteiger partial charge in [-0.3, -0.25) is 14.9 Å². The summed E-state index contributed by atoms with van der Waals surface area (Å²) in [5, 5.41) is 17.7. The number of non-ortho nitro benzene ring substituents is 1. The highest BCUT2D eigenvalue weighted by atomic mass is 16.6. The Labute approximate surface area is 131 Å². The number of anilines is 1. The van der Waals surface area contributed by atoms with Crippen molar-refractivity contribution >= 4 is 17.3 Å². The van der Waals surface area contributed by atoms with Gasteiger partial charge in [-0.1, -0.05) is 24.3 Å². The van der Waals surface area contributed by atoms with E-state index >= 15 is 0 Å². The first-order chi connectivity index (χ1) is 11.1. The van der Waals surface area contributed by atoms with E-state index in [1.165, 1.54) is 16.8 Å². The monoisotopic (exact) mass is 308 g/mol. The van der Waals surface area contributed by atoms with E-state index in [9.17, 15) is 14.9 Å². The van der Waals surface area contributed by atoms with E-state index in [0.717, 1.165) is 0 Å². The van der Waals surface area contributed by atoms with Crippen LogP contribution in [0.3, 0.4) is 0 Å². The Kier molecular flexibility index (Phi) is 3.84. The zero-order chi connectivity index (χ0) is 16.2. The molecule has 114 valence electrons. The molecule has 2 aromatic carbocycles. The van der Waals surface area contributed by atoms with Gasteiger partial charge in [-0.25, -0.2) is 4.68 Å². The fourth-order valence-electron chi connectivity index (χ4n) is 2.05. The summed E-state index contributed by atoms with van der Waals surface area (Å²) in [4.78, 5) is 22.5. The van der Waals surface area contributed by atoms with Gasteiger partial charge >= 0.3 is 0 Å². The minimum atomic E-state index is -0.476. The van der Waals surface area contributed by atoms with Gasteiger partial charge < -0.3 is 5.32 Å². The molecule has 1 N–H and O–H groups in total. The lowest BCUT2D eigenvalue weighted by Crippen LogP contribution is -2.13. The maximum absolute atomic E-state index is 12.1. The number of para-hydroxylation sites is 1. The van der Waals surface area contributed by atoms with Gasteiger partial charge in [0.2, 0.25) is 0 Å². The highest BCUT2D eigenvalue weighted by molar-refractivity contribution is 6.02. The molecule has 3 aromatic rings. The fourth-order valence-corrected chi connectivity index (χ4v) is 2.05. The van der Waals surface area contributed by atoms with Gasteiger partial charge in [0.1, 0.15) is 0 Å². The number of rotatable bonds is 4. The van der Waals surface area contributed by atoms with Crippen molar-refractivity contribution in [2.24, 2.45) is 0 Å². The highest BCUT2D eigenvalue weighted by Crippen LogP contribution is 2.16. The first-order valence-electron chi connectivity index (χ1n) is 6.80. The number of nitro groups is 1. The zero-order valence-corrected chi connectivity index (χ0v) is 11.9. The standard InChI is InChI=1S/C16H12N4O3/c21-16(17-12-5-2-1-3-6-12)15-9-10-19(18-15)13-7-4-8-14(11-13)20(22)23/h1-11H,(H,17,21). The van der Waals surface area contributed by atoms with Crippen molar-refractivity contribution in [1.29, 1.82) is 0 Å². The predicted octanol–water partition coefficient (Wildman–Crippen LogP) is 3.03. The Hall–Kier alpha value is -3.48. The summed E-state index contributed by atoms with van der Waals surface area (Å²) in [6, 6.07) is 16.6. The molecule has 1 heterocycles. The second-order valence-corrected chi connectivity index (χ2v) is 4.74. The van der Waals surface area contributed by atoms with Gasteiger partial charge in [-0.05, 0) is 24.3 Å². The topological polar surface area (TPSA) is 90.1 Å². The van der Waals surface area contributed by atoms with Crippen LogP contribution in [0.2, 0.25) is 0 Å². The summed E-state index contributed by atoms with van der Waals surface area (Å²) in [5.74, 6) is -0.347. The van der Waals surface area contributed by atoms with Gasteiger partial charge in [0.25, 0.3) is 11.6 Å². The van der Waals surface area contributed by atoms with Crippen LogP contribution in [0.15, 0.2) is 66.9 Å². The molecule has 0 atom stereocenters. The largest absolute Gasteiger partial charge is 0.321 e. The second-order valence-electron chi connectivity index (χ2n) is 4.74. The van der Waals surface area contributed by atoms with Crippen molar-refractivity contribution in [3.8, 4) is 5.69 Å². The van der Waals surface area contributed by atoms with Crippen LogP contribution in [-0.4, -0.2) is 20.6 Å². The number of hydrogen-bond acceptors (Lipinski definition) is 4. The fraction of sp³-hybridized carbons (Fsp3) is 0. The Morgan fingerprint density at radius 1 is 1.09 bits per heavy atom. The minimum Gasteiger partial charge on any atom is -0.321 e. The average Bonchev–Trinajstić information content (AvgIpc) is 3.06. The average molecular weight is 308 g/mol. The summed E-state index contributed by atoms with van der Waals surface area (Å²) < 4.78 is 1.42. The van der Waals surface area contributed by atoms with Crippen molar-refractivity contribution in [2.75, 3.05) is 5.32 Å². The van der Waals surface area contributed by atoms with Gasteiger partial charge in [-0.15, -0.1) is 0 Å². The van der Waals surface area contributed by atoms with Crippen LogP contribution in [0.1, 0.15) is 10.5 Å². The number of nitrogens with zero attached hydrogens (tertiary/aromatic N) is 3. The van der Waals surface area contributed by atoms with Crippen LogP contribution >= 0.6 is 0 Å². The molecule has 1 amide bonds. The molecular weight excluding hydrogens is 296 g/mol. The minimum absolute atomic E-state index is 0.0340. The Morgan fingerprint density at radius 2 is 1.87 bits per heavy atom. The summed E-state index contributed by atoms with van der Waals surface area (Å²) in [5.41, 5.74) is 1.37. The third kappa shape index (κ3) is 3.24. The zero-order valence-electron chi connectivity index (χ0n) is 11.9. The lowest BCUT2D eigenvalue weighted by molar-refractivity contribution is -0.384. The van der Waals surface area contributed by atoms with E-state index in [0.29, 0.717) is 11.4 Å². The third-order valence-electron chi connectivity index (χ3n) is 3.16. The van der Waals surface area contributed by atoms with Gasteiger partial charge in [-0.2, -0.15) is 5.10 Å². The van der Waals surface area contributed by atoms with Crippen molar-refractivity contribution in [3.63, 3.8) is 0 Å². The number of carbonyl (C=O) groups is 1. The number of benzene rings is 2. The lowest BCUT2D eigenvalue weighted by atomic mass is 10.3. The molecular formula is C16H12N4O3. The highest BCUT2D eigenvalue weighted by Gasteiger charge is 2.12. The van der Waals surface area contributed by atoms with Crippen LogP contribution in [0.4, 0.5) is 11.4 Å². The Bertz CT molecular complexity index is 859. The van der Waals surface area contributed by atoms with E-state index in [2.05, 4.69) is 10.4 Å². The molecule has 0 saturated carbocycles. The van der Waals surface area contributed by atoms with Gasteiger partial charge in [0.05, 0.1) is 10.6 Å². The van der Waals surface area contributed by atoms with Crippen LogP contribution in [0.5, 0.6) is 0 Å². The lowest BCUT2D eigenvalue weighted by Gasteiger charge is -2.03. The number of amides is 1. The van der Waals surface area contributed by atoms with Crippen LogP contribution in [-0.2, 0) is 0 Å². The maximum atomic E-state index is 12.1. The van der Waals surface area contributed by atoms with Gasteiger partial charge in [0.15, 0.2) is 5.69 Å². The van der Waals surface area contributed by atoms with E-state index < -0.39 is 4.92 Å². The van der Waals surface area contributed by atoms with Crippen molar-refractivity contribution in [1.82, 2.24) is 9.78 Å². The summed E-state index contributed by atoms with van der Waals surface area (Å²) in [6.45, 7) is 0. The third-order valence-corrected chi connectivity index (χ3v) is 3.16. The Morgan fingerprint density at radius 3 is 2.61 bits per heavy atom. The number of aromatic nitrogens is 2. The maximum Gasteiger partial charge on any atom is 0.276 e. The van der Waals surface area contributed by atoms with E-state index in [-0.39, 0.29) is 17.3 Å². The van der Waals surface area contributed by atoms with Crippen molar-refractivity contribution in [2.45, 2.75) is 0 Å². The molecule has 0 fully saturated rings. The van der Waals surface area contributed by atoms with Gasteiger partial charge in [0, 0.05) is 24.0 Å². The van der Waals surface area contributed by atoms with Crippen LogP contribution in [0.25, 0.3) is 5.69 Å². The Balaban J connectivity index is 1.81. The molecule has 0 aliphatic carbocycles. The first-order valence-corrected chi connectivity index (χ1v) is 6.80. The molecule has 3 rings (SSSR count). The number of carbonyl (C=O) groups excluding carboxylic acids is 1. The van der Waals surface area contributed by atoms with Crippen molar-refractivity contribution < 1.29 is 9.72 Å². The van der Waals surface area contributed by atoms with Crippen molar-refractivity contribution in [3.05, 3.63) is 82.7 Å². The van der Waals surface area contributed by atoms with Crippen LogP contribution < -0.4 is 5.32 Å². The molecule has 7 nitrogen and oxygen atoms in total. The smallest absolute Gasteiger partial charge is 0.276 e. The molecule has 1 aromatic heterocycles. The summed E-state index contributed by atoms with van der Waals surface area (Å²) >= 11 is 0. The second kappa shape index (κ2) is 6.10. The summed E-state index contributed by atoms with van der Waals surface area (Å²) in [6.07, 6.45) is 1.58. The number of nitro benzene ring substituents is 1. The number of hydrogen-bond donors (Lipinski definition) is 1. The molecule has 0 aliphatic heterocycles. The molecule has 0 aliphatic rings. The molecule has 0 spiro atoms. The first kappa shape index (κ1) is 14.5. The summed E-state index contributed by atoms with van der Waals surface area (Å²) in [7, 11) is 0. The SMILES string of the molecule is O=C(Nc1ccccc1)c1ccn(-c2cccc([N+](=O)[O-])c2)n1. The molecule has 0 radical (unpaired) electrons. The quantitative estimate of drug-likeness (QED) is 0.592. The van der Waals surface area contributed by atoms with E-state index in [1.807, 2.05) is 18.2 Å². The molecule has 7 heteroatoms.